The number of nitrogens with zero attached hydrogens (tertiary/aromatic N) is 2. The second-order valence-electron chi connectivity index (χ2n) is 8.08. The highest BCUT2D eigenvalue weighted by atomic mass is 16.2. The Kier molecular flexibility index (Phi) is 4.00. The Labute approximate surface area is 145 Å². The number of rotatable bonds is 3. The van der Waals surface area contributed by atoms with Crippen LogP contribution in [0, 0.1) is 5.92 Å². The molecule has 24 heavy (non-hydrogen) atoms. The van der Waals surface area contributed by atoms with Gasteiger partial charge >= 0.3 is 0 Å². The van der Waals surface area contributed by atoms with Crippen LogP contribution >= 0.6 is 0 Å². The average Bonchev–Trinajstić information content (AvgIpc) is 2.83. The highest BCUT2D eigenvalue weighted by molar-refractivity contribution is 5.98. The molecule has 1 saturated heterocycles. The number of piperidine rings is 1. The van der Waals surface area contributed by atoms with Crippen molar-refractivity contribution < 1.29 is 4.79 Å². The van der Waals surface area contributed by atoms with Crippen LogP contribution < -0.4 is 4.90 Å². The molecule has 1 aliphatic carbocycles. The van der Waals surface area contributed by atoms with Gasteiger partial charge in [-0.1, -0.05) is 36.8 Å². The van der Waals surface area contributed by atoms with Gasteiger partial charge in [0.1, 0.15) is 0 Å². The first kappa shape index (κ1) is 15.9. The minimum atomic E-state index is 0.168. The number of carbonyl (C=O) groups is 1. The van der Waals surface area contributed by atoms with Crippen LogP contribution in [0.1, 0.15) is 44.6 Å². The van der Waals surface area contributed by atoms with Crippen LogP contribution in [0.15, 0.2) is 36.4 Å². The zero-order valence-corrected chi connectivity index (χ0v) is 14.8. The second kappa shape index (κ2) is 6.03. The van der Waals surface area contributed by atoms with Crippen molar-refractivity contribution in [1.29, 1.82) is 0 Å². The third-order valence-corrected chi connectivity index (χ3v) is 6.25. The first-order chi connectivity index (χ1) is 11.6. The molecular formula is C21H28N2O. The molecule has 4 rings (SSSR count). The van der Waals surface area contributed by atoms with Crippen molar-refractivity contribution in [3.63, 3.8) is 0 Å². The van der Waals surface area contributed by atoms with Gasteiger partial charge in [0.15, 0.2) is 0 Å². The Morgan fingerprint density at radius 2 is 1.96 bits per heavy atom. The van der Waals surface area contributed by atoms with E-state index in [9.17, 15) is 4.79 Å². The smallest absolute Gasteiger partial charge is 0.230 e. The van der Waals surface area contributed by atoms with Crippen molar-refractivity contribution in [2.75, 3.05) is 31.1 Å². The normalized spacial score (nSPS) is 23.1. The van der Waals surface area contributed by atoms with E-state index in [4.69, 9.17) is 0 Å². The summed E-state index contributed by atoms with van der Waals surface area (Å²) in [5.41, 5.74) is 4.00. The predicted molar refractivity (Wildman–Crippen MR) is 98.3 cm³/mol. The molecule has 1 amide bonds. The lowest BCUT2D eigenvalue weighted by Crippen LogP contribution is -2.47. The van der Waals surface area contributed by atoms with Crippen LogP contribution in [-0.2, 0) is 10.2 Å². The Morgan fingerprint density at radius 3 is 2.58 bits per heavy atom. The third kappa shape index (κ3) is 2.59. The van der Waals surface area contributed by atoms with Crippen LogP contribution in [-0.4, -0.2) is 37.0 Å². The number of hydrogen-bond acceptors (Lipinski definition) is 2. The molecule has 2 fully saturated rings. The first-order valence-corrected chi connectivity index (χ1v) is 9.37. The highest BCUT2D eigenvalue weighted by Crippen LogP contribution is 2.48. The summed E-state index contributed by atoms with van der Waals surface area (Å²) >= 11 is 0. The molecule has 2 aliphatic heterocycles. The number of amides is 1. The van der Waals surface area contributed by atoms with Gasteiger partial charge in [-0.25, -0.2) is 0 Å². The van der Waals surface area contributed by atoms with Gasteiger partial charge in [0.2, 0.25) is 5.91 Å². The monoisotopic (exact) mass is 324 g/mol. The summed E-state index contributed by atoms with van der Waals surface area (Å²) in [6, 6.07) is 8.63. The van der Waals surface area contributed by atoms with Crippen LogP contribution in [0.5, 0.6) is 0 Å². The summed E-state index contributed by atoms with van der Waals surface area (Å²) in [5.74, 6) is 0.645. The maximum absolute atomic E-state index is 12.9. The summed E-state index contributed by atoms with van der Waals surface area (Å²) in [6.07, 6.45) is 5.66. The van der Waals surface area contributed by atoms with Crippen molar-refractivity contribution in [3.8, 4) is 0 Å². The topological polar surface area (TPSA) is 23.6 Å². The highest BCUT2D eigenvalue weighted by Gasteiger charge is 2.47. The number of carbonyl (C=O) groups excluding carboxylic acids is 1. The van der Waals surface area contributed by atoms with Crippen LogP contribution in [0.25, 0.3) is 0 Å². The maximum atomic E-state index is 12.9. The molecule has 2 heterocycles. The largest absolute Gasteiger partial charge is 0.311 e. The van der Waals surface area contributed by atoms with Gasteiger partial charge in [-0.2, -0.15) is 0 Å². The zero-order chi connectivity index (χ0) is 16.7. The molecule has 3 heteroatoms. The van der Waals surface area contributed by atoms with Crippen LogP contribution in [0.4, 0.5) is 5.69 Å². The molecule has 0 aromatic heterocycles. The van der Waals surface area contributed by atoms with Gasteiger partial charge in [0.05, 0.1) is 0 Å². The molecule has 3 nitrogen and oxygen atoms in total. The fourth-order valence-electron chi connectivity index (χ4n) is 4.65. The Morgan fingerprint density at radius 1 is 1.25 bits per heavy atom. The van der Waals surface area contributed by atoms with E-state index in [0.29, 0.717) is 5.91 Å². The number of fused-ring (bicyclic) bond motifs is 2. The van der Waals surface area contributed by atoms with Gasteiger partial charge in [-0.3, -0.25) is 9.69 Å². The number of anilines is 1. The lowest BCUT2D eigenvalue weighted by molar-refractivity contribution is -0.124. The molecule has 128 valence electrons. The maximum Gasteiger partial charge on any atom is 0.230 e. The average molecular weight is 324 g/mol. The third-order valence-electron chi connectivity index (χ3n) is 6.25. The van der Waals surface area contributed by atoms with E-state index in [1.165, 1.54) is 23.2 Å². The standard InChI is InChI=1S/C21H28N2O/c1-16(2)14-22-12-10-21(11-13-22)15-23(20(24)17-6-5-7-17)19-9-4-3-8-18(19)21/h3-4,8-9,17H,1,5-7,10-15H2,2H3. The fourth-order valence-corrected chi connectivity index (χ4v) is 4.65. The van der Waals surface area contributed by atoms with E-state index in [-0.39, 0.29) is 11.3 Å². The van der Waals surface area contributed by atoms with E-state index >= 15 is 0 Å². The molecule has 0 N–H and O–H groups in total. The lowest BCUT2D eigenvalue weighted by Gasteiger charge is -2.40. The van der Waals surface area contributed by atoms with Gasteiger partial charge in [0.25, 0.3) is 0 Å². The van der Waals surface area contributed by atoms with E-state index < -0.39 is 0 Å². The Hall–Kier alpha value is -1.61. The van der Waals surface area contributed by atoms with E-state index in [0.717, 1.165) is 51.9 Å². The molecule has 0 unspecified atom stereocenters. The second-order valence-corrected chi connectivity index (χ2v) is 8.08. The van der Waals surface area contributed by atoms with Gasteiger partial charge in [0, 0.05) is 30.1 Å². The first-order valence-electron chi connectivity index (χ1n) is 9.37. The number of para-hydroxylation sites is 1. The Bertz CT molecular complexity index is 654. The van der Waals surface area contributed by atoms with Crippen molar-refractivity contribution in [1.82, 2.24) is 4.90 Å². The predicted octanol–water partition coefficient (Wildman–Crippen LogP) is 3.74. The molecule has 0 bridgehead atoms. The minimum absolute atomic E-state index is 0.168. The lowest BCUT2D eigenvalue weighted by atomic mass is 9.74. The summed E-state index contributed by atoms with van der Waals surface area (Å²) in [6.45, 7) is 10.3. The van der Waals surface area contributed by atoms with E-state index in [1.54, 1.807) is 0 Å². The van der Waals surface area contributed by atoms with Crippen LogP contribution in [0.3, 0.4) is 0 Å². The fraction of sp³-hybridized carbons (Fsp3) is 0.571. The summed E-state index contributed by atoms with van der Waals surface area (Å²) in [5, 5.41) is 0. The molecule has 3 aliphatic rings. The molecule has 1 aromatic rings. The molecule has 1 spiro atoms. The van der Waals surface area contributed by atoms with Crippen molar-refractivity contribution >= 4 is 11.6 Å². The molecule has 0 atom stereocenters. The summed E-state index contributed by atoms with van der Waals surface area (Å²) in [4.78, 5) is 17.6. The van der Waals surface area contributed by atoms with Crippen molar-refractivity contribution in [2.24, 2.45) is 5.92 Å². The van der Waals surface area contributed by atoms with Gasteiger partial charge < -0.3 is 4.90 Å². The number of benzene rings is 1. The van der Waals surface area contributed by atoms with Gasteiger partial charge in [-0.15, -0.1) is 0 Å². The number of likely N-dealkylation sites (tertiary alicyclic amines) is 1. The molecule has 0 radical (unpaired) electrons. The number of hydrogen-bond donors (Lipinski definition) is 0. The molecule has 1 aromatic carbocycles. The van der Waals surface area contributed by atoms with Crippen molar-refractivity contribution in [3.05, 3.63) is 42.0 Å². The summed E-state index contributed by atoms with van der Waals surface area (Å²) in [7, 11) is 0. The minimum Gasteiger partial charge on any atom is -0.311 e. The zero-order valence-electron chi connectivity index (χ0n) is 14.8. The molecule has 1 saturated carbocycles. The SMILES string of the molecule is C=C(C)CN1CCC2(CC1)CN(C(=O)C1CCC1)c1ccccc12. The van der Waals surface area contributed by atoms with Crippen LogP contribution in [0.2, 0.25) is 0 Å². The van der Waals surface area contributed by atoms with Gasteiger partial charge in [-0.05, 0) is 57.3 Å². The molecular weight excluding hydrogens is 296 g/mol. The quantitative estimate of drug-likeness (QED) is 0.791. The Balaban J connectivity index is 1.57. The van der Waals surface area contributed by atoms with E-state index in [2.05, 4.69) is 47.6 Å². The van der Waals surface area contributed by atoms with E-state index in [1.807, 2.05) is 0 Å². The van der Waals surface area contributed by atoms with Crippen molar-refractivity contribution in [2.45, 2.75) is 44.4 Å². The summed E-state index contributed by atoms with van der Waals surface area (Å²) < 4.78 is 0.